The third-order valence-electron chi connectivity index (χ3n) is 4.98. The highest BCUT2D eigenvalue weighted by Gasteiger charge is 2.30. The molecule has 3 rings (SSSR count). The molecule has 0 radical (unpaired) electrons. The number of amides is 1. The number of nitrogens with one attached hydrogen (secondary N) is 1. The fourth-order valence-electron chi connectivity index (χ4n) is 3.16. The van der Waals surface area contributed by atoms with Crippen LogP contribution in [-0.2, 0) is 30.7 Å². The molecule has 1 saturated heterocycles. The van der Waals surface area contributed by atoms with Crippen molar-refractivity contribution in [2.45, 2.75) is 11.3 Å². The maximum Gasteiger partial charge on any atom is 0.338 e. The lowest BCUT2D eigenvalue weighted by Crippen LogP contribution is -2.41. The van der Waals surface area contributed by atoms with Crippen LogP contribution in [0.15, 0.2) is 47.4 Å². The lowest BCUT2D eigenvalue weighted by Gasteiger charge is -2.26. The maximum atomic E-state index is 14.3. The van der Waals surface area contributed by atoms with Crippen molar-refractivity contribution in [3.05, 3.63) is 59.4 Å². The molecule has 0 unspecified atom stereocenters. The summed E-state index contributed by atoms with van der Waals surface area (Å²) in [5.74, 6) is -1.69. The van der Waals surface area contributed by atoms with Crippen LogP contribution in [-0.4, -0.2) is 71.2 Å². The minimum atomic E-state index is -4.14. The zero-order valence-corrected chi connectivity index (χ0v) is 18.9. The van der Waals surface area contributed by atoms with Crippen molar-refractivity contribution >= 4 is 21.9 Å². The topological polar surface area (TPSA) is 111 Å². The van der Waals surface area contributed by atoms with Gasteiger partial charge in [0.05, 0.1) is 25.9 Å². The number of hydrogen-bond acceptors (Lipinski definition) is 7. The van der Waals surface area contributed by atoms with E-state index in [1.807, 2.05) is 24.3 Å². The molecule has 1 amide bonds. The lowest BCUT2D eigenvalue weighted by molar-refractivity contribution is -0.124. The van der Waals surface area contributed by atoms with E-state index in [0.717, 1.165) is 33.8 Å². The molecule has 33 heavy (non-hydrogen) atoms. The molecule has 0 bridgehead atoms. The minimum Gasteiger partial charge on any atom is -0.497 e. The number of esters is 1. The summed E-state index contributed by atoms with van der Waals surface area (Å²) in [4.78, 5) is 23.7. The number of benzene rings is 2. The fourth-order valence-corrected chi connectivity index (χ4v) is 4.66. The highest BCUT2D eigenvalue weighted by molar-refractivity contribution is 7.89. The first kappa shape index (κ1) is 24.6. The Labute approximate surface area is 191 Å². The Hall–Kier alpha value is -3.02. The van der Waals surface area contributed by atoms with Gasteiger partial charge in [-0.2, -0.15) is 4.31 Å². The van der Waals surface area contributed by atoms with E-state index in [1.165, 1.54) is 0 Å². The summed E-state index contributed by atoms with van der Waals surface area (Å²) in [7, 11) is -2.56. The van der Waals surface area contributed by atoms with Gasteiger partial charge in [-0.05, 0) is 42.3 Å². The molecule has 1 fully saturated rings. The first-order valence-corrected chi connectivity index (χ1v) is 11.7. The number of morpholine rings is 1. The van der Waals surface area contributed by atoms with E-state index in [1.54, 1.807) is 7.11 Å². The van der Waals surface area contributed by atoms with Crippen LogP contribution in [0.2, 0.25) is 0 Å². The maximum absolute atomic E-state index is 14.3. The molecule has 0 spiro atoms. The molecular weight excluding hydrogens is 455 g/mol. The Bertz CT molecular complexity index is 1080. The second-order valence-corrected chi connectivity index (χ2v) is 9.09. The van der Waals surface area contributed by atoms with Gasteiger partial charge in [-0.15, -0.1) is 0 Å². The van der Waals surface area contributed by atoms with Crippen LogP contribution >= 0.6 is 0 Å². The standard InChI is InChI=1S/C22H25FN2O7S/c1-30-18-5-2-16(3-6-18)8-9-24-21(26)15-32-22(27)17-4-7-19(23)20(14-17)33(28,29)25-10-12-31-13-11-25/h2-7,14H,8-13,15H2,1H3,(H,24,26). The van der Waals surface area contributed by atoms with Crippen molar-refractivity contribution in [1.82, 2.24) is 9.62 Å². The van der Waals surface area contributed by atoms with E-state index in [0.29, 0.717) is 13.0 Å². The van der Waals surface area contributed by atoms with Gasteiger partial charge < -0.3 is 19.5 Å². The van der Waals surface area contributed by atoms with Crippen molar-refractivity contribution in [3.8, 4) is 5.75 Å². The van der Waals surface area contributed by atoms with Crippen molar-refractivity contribution in [2.75, 3.05) is 46.6 Å². The number of nitrogens with zero attached hydrogens (tertiary/aromatic N) is 1. The molecule has 178 valence electrons. The Morgan fingerprint density at radius 3 is 2.48 bits per heavy atom. The van der Waals surface area contributed by atoms with Gasteiger partial charge in [0, 0.05) is 19.6 Å². The van der Waals surface area contributed by atoms with Gasteiger partial charge in [-0.3, -0.25) is 4.79 Å². The molecule has 2 aromatic rings. The summed E-state index contributed by atoms with van der Waals surface area (Å²) >= 11 is 0. The van der Waals surface area contributed by atoms with Crippen molar-refractivity contribution in [1.29, 1.82) is 0 Å². The van der Waals surface area contributed by atoms with Crippen LogP contribution in [0.25, 0.3) is 0 Å². The number of carbonyl (C=O) groups excluding carboxylic acids is 2. The van der Waals surface area contributed by atoms with E-state index in [-0.39, 0.29) is 31.9 Å². The summed E-state index contributed by atoms with van der Waals surface area (Å²) in [6, 6.07) is 10.3. The highest BCUT2D eigenvalue weighted by Crippen LogP contribution is 2.22. The number of ether oxygens (including phenoxy) is 3. The monoisotopic (exact) mass is 480 g/mol. The first-order chi connectivity index (χ1) is 15.8. The van der Waals surface area contributed by atoms with Crippen molar-refractivity contribution in [3.63, 3.8) is 0 Å². The summed E-state index contributed by atoms with van der Waals surface area (Å²) in [5, 5.41) is 2.63. The van der Waals surface area contributed by atoms with Gasteiger partial charge in [0.2, 0.25) is 10.0 Å². The summed E-state index contributed by atoms with van der Waals surface area (Å²) in [6.07, 6.45) is 0.574. The number of halogens is 1. The normalized spacial score (nSPS) is 14.5. The predicted molar refractivity (Wildman–Crippen MR) is 116 cm³/mol. The van der Waals surface area contributed by atoms with Gasteiger partial charge in [0.15, 0.2) is 6.61 Å². The van der Waals surface area contributed by atoms with E-state index in [2.05, 4.69) is 5.32 Å². The molecule has 0 saturated carbocycles. The minimum absolute atomic E-state index is 0.0904. The molecule has 0 aliphatic carbocycles. The molecule has 11 heteroatoms. The Morgan fingerprint density at radius 1 is 1.12 bits per heavy atom. The molecule has 1 N–H and O–H groups in total. The molecule has 1 heterocycles. The quantitative estimate of drug-likeness (QED) is 0.540. The summed E-state index contributed by atoms with van der Waals surface area (Å²) < 4.78 is 56.0. The molecule has 0 aromatic heterocycles. The fraction of sp³-hybridized carbons (Fsp3) is 0.364. The molecule has 0 atom stereocenters. The van der Waals surface area contributed by atoms with Gasteiger partial charge in [-0.25, -0.2) is 17.6 Å². The van der Waals surface area contributed by atoms with Crippen molar-refractivity contribution in [2.24, 2.45) is 0 Å². The van der Waals surface area contributed by atoms with E-state index in [9.17, 15) is 22.4 Å². The Morgan fingerprint density at radius 2 is 1.82 bits per heavy atom. The summed E-state index contributed by atoms with van der Waals surface area (Å²) in [6.45, 7) is 0.373. The number of sulfonamides is 1. The zero-order valence-electron chi connectivity index (χ0n) is 18.1. The molecular formula is C22H25FN2O7S. The van der Waals surface area contributed by atoms with Gasteiger partial charge in [0.1, 0.15) is 16.5 Å². The first-order valence-electron chi connectivity index (χ1n) is 10.3. The van der Waals surface area contributed by atoms with Crippen LogP contribution < -0.4 is 10.1 Å². The van der Waals surface area contributed by atoms with Crippen LogP contribution in [0.5, 0.6) is 5.75 Å². The third-order valence-corrected chi connectivity index (χ3v) is 6.90. The Kier molecular flexibility index (Phi) is 8.37. The Balaban J connectivity index is 1.53. The smallest absolute Gasteiger partial charge is 0.338 e. The van der Waals surface area contributed by atoms with E-state index in [4.69, 9.17) is 14.2 Å². The van der Waals surface area contributed by atoms with Crippen molar-refractivity contribution < 1.29 is 36.6 Å². The van der Waals surface area contributed by atoms with Crippen LogP contribution in [0.4, 0.5) is 4.39 Å². The van der Waals surface area contributed by atoms with Gasteiger partial charge in [-0.1, -0.05) is 12.1 Å². The van der Waals surface area contributed by atoms with Crippen LogP contribution in [0, 0.1) is 5.82 Å². The third kappa shape index (κ3) is 6.50. The predicted octanol–water partition coefficient (Wildman–Crippen LogP) is 1.37. The molecule has 1 aliphatic rings. The van der Waals surface area contributed by atoms with Crippen LogP contribution in [0.1, 0.15) is 15.9 Å². The van der Waals surface area contributed by atoms with E-state index >= 15 is 0 Å². The van der Waals surface area contributed by atoms with E-state index < -0.39 is 39.2 Å². The van der Waals surface area contributed by atoms with Crippen LogP contribution in [0.3, 0.4) is 0 Å². The number of rotatable bonds is 9. The largest absolute Gasteiger partial charge is 0.497 e. The SMILES string of the molecule is COc1ccc(CCNC(=O)COC(=O)c2ccc(F)c(S(=O)(=O)N3CCOCC3)c2)cc1. The number of methoxy groups -OCH3 is 1. The number of hydrogen-bond donors (Lipinski definition) is 1. The average Bonchev–Trinajstić information content (AvgIpc) is 2.83. The zero-order chi connectivity index (χ0) is 23.8. The average molecular weight is 481 g/mol. The summed E-state index contributed by atoms with van der Waals surface area (Å²) in [5.41, 5.74) is 0.822. The second-order valence-electron chi connectivity index (χ2n) is 7.19. The van der Waals surface area contributed by atoms with Gasteiger partial charge in [0.25, 0.3) is 5.91 Å². The molecule has 2 aromatic carbocycles. The highest BCUT2D eigenvalue weighted by atomic mass is 32.2. The molecule has 9 nitrogen and oxygen atoms in total. The number of carbonyl (C=O) groups is 2. The van der Waals surface area contributed by atoms with Gasteiger partial charge >= 0.3 is 5.97 Å². The molecule has 1 aliphatic heterocycles. The lowest BCUT2D eigenvalue weighted by atomic mass is 10.1. The second kappa shape index (κ2) is 11.2.